The number of rotatable bonds is 9. The maximum absolute atomic E-state index is 14.3. The molecule has 4 unspecified atom stereocenters. The molecule has 2 aromatic carbocycles. The van der Waals surface area contributed by atoms with Gasteiger partial charge in [-0.25, -0.2) is 27.2 Å². The van der Waals surface area contributed by atoms with Crippen molar-refractivity contribution < 1.29 is 31.8 Å². The van der Waals surface area contributed by atoms with Gasteiger partial charge in [-0.05, 0) is 54.7 Å². The number of halogens is 3. The van der Waals surface area contributed by atoms with Gasteiger partial charge in [-0.15, -0.1) is 0 Å². The predicted molar refractivity (Wildman–Crippen MR) is 156 cm³/mol. The molecule has 2 aliphatic heterocycles. The van der Waals surface area contributed by atoms with Gasteiger partial charge in [0.15, 0.2) is 0 Å². The maximum Gasteiger partial charge on any atom is 0.244 e. The van der Waals surface area contributed by atoms with Gasteiger partial charge in [0.05, 0.1) is 47.1 Å². The van der Waals surface area contributed by atoms with E-state index in [9.17, 15) is 27.1 Å². The van der Waals surface area contributed by atoms with Gasteiger partial charge in [0.2, 0.25) is 21.9 Å². The SMILES string of the molecule is CCc1cc(F)cc(C(CO)NC(=O)C(C)N2Cc3ccc(-c4nc(NC5CCOCC5F)ncc4Cl)cc3S2(=O)=O)c1. The monoisotopic (exact) mass is 635 g/mol. The molecule has 43 heavy (non-hydrogen) atoms. The third-order valence-corrected chi connectivity index (χ3v) is 9.98. The fourth-order valence-electron chi connectivity index (χ4n) is 5.21. The number of aryl methyl sites for hydroxylation is 1. The number of carbonyl (C=O) groups is 1. The largest absolute Gasteiger partial charge is 0.394 e. The van der Waals surface area contributed by atoms with Gasteiger partial charge in [0.1, 0.15) is 18.0 Å². The molecule has 5 rings (SSSR count). The summed E-state index contributed by atoms with van der Waals surface area (Å²) in [6.45, 7) is 3.13. The average Bonchev–Trinajstić information content (AvgIpc) is 3.26. The second-order valence-electron chi connectivity index (χ2n) is 10.6. The highest BCUT2D eigenvalue weighted by molar-refractivity contribution is 7.89. The van der Waals surface area contributed by atoms with E-state index in [1.54, 1.807) is 18.2 Å². The van der Waals surface area contributed by atoms with Gasteiger partial charge < -0.3 is 20.5 Å². The molecule has 1 saturated heterocycles. The molecule has 3 aromatic rings. The summed E-state index contributed by atoms with van der Waals surface area (Å²) in [4.78, 5) is 21.8. The lowest BCUT2D eigenvalue weighted by molar-refractivity contribution is -0.125. The van der Waals surface area contributed by atoms with Crippen molar-refractivity contribution in [3.05, 3.63) is 70.1 Å². The normalized spacial score (nSPS) is 21.2. The molecule has 0 aliphatic carbocycles. The summed E-state index contributed by atoms with van der Waals surface area (Å²) in [5, 5.41) is 15.7. The number of benzene rings is 2. The van der Waals surface area contributed by atoms with Crippen molar-refractivity contribution >= 4 is 33.5 Å². The van der Waals surface area contributed by atoms with E-state index >= 15 is 0 Å². The number of hydrogen-bond donors (Lipinski definition) is 3. The number of hydrogen-bond acceptors (Lipinski definition) is 8. The Kier molecular flexibility index (Phi) is 9.28. The van der Waals surface area contributed by atoms with E-state index < -0.39 is 52.7 Å². The number of ether oxygens (including phenoxy) is 1. The van der Waals surface area contributed by atoms with Crippen LogP contribution in [0, 0.1) is 5.82 Å². The number of anilines is 1. The van der Waals surface area contributed by atoms with Crippen molar-refractivity contribution in [3.8, 4) is 11.3 Å². The molecule has 1 aromatic heterocycles. The van der Waals surface area contributed by atoms with E-state index in [0.717, 1.165) is 4.31 Å². The lowest BCUT2D eigenvalue weighted by Crippen LogP contribution is -2.46. The summed E-state index contributed by atoms with van der Waals surface area (Å²) >= 11 is 6.38. The van der Waals surface area contributed by atoms with Crippen molar-refractivity contribution in [2.45, 2.75) is 62.4 Å². The van der Waals surface area contributed by atoms with Crippen LogP contribution in [0.3, 0.4) is 0 Å². The Hall–Kier alpha value is -3.23. The first-order valence-corrected chi connectivity index (χ1v) is 15.7. The second kappa shape index (κ2) is 12.8. The molecule has 3 heterocycles. The van der Waals surface area contributed by atoms with Crippen molar-refractivity contribution in [2.24, 2.45) is 0 Å². The minimum atomic E-state index is -4.11. The Morgan fingerprint density at radius 3 is 2.79 bits per heavy atom. The minimum absolute atomic E-state index is 0.00137. The molecular formula is C29H32ClF2N5O5S. The number of aromatic nitrogens is 2. The van der Waals surface area contributed by atoms with Crippen LogP contribution in [-0.4, -0.2) is 71.8 Å². The fourth-order valence-corrected chi connectivity index (χ4v) is 7.22. The van der Waals surface area contributed by atoms with Crippen LogP contribution in [0.4, 0.5) is 14.7 Å². The van der Waals surface area contributed by atoms with Gasteiger partial charge in [0, 0.05) is 18.7 Å². The zero-order valence-corrected chi connectivity index (χ0v) is 25.1. The van der Waals surface area contributed by atoms with Crippen molar-refractivity contribution in [1.29, 1.82) is 0 Å². The van der Waals surface area contributed by atoms with E-state index in [0.29, 0.717) is 41.7 Å². The first kappa shape index (κ1) is 31.2. The maximum atomic E-state index is 14.3. The molecule has 0 saturated carbocycles. The molecular weight excluding hydrogens is 604 g/mol. The molecule has 14 heteroatoms. The highest BCUT2D eigenvalue weighted by atomic mass is 35.5. The molecule has 2 aliphatic rings. The number of fused-ring (bicyclic) bond motifs is 1. The zero-order valence-electron chi connectivity index (χ0n) is 23.6. The van der Waals surface area contributed by atoms with Gasteiger partial charge in [-0.1, -0.05) is 36.7 Å². The van der Waals surface area contributed by atoms with Gasteiger partial charge >= 0.3 is 0 Å². The van der Waals surface area contributed by atoms with Crippen molar-refractivity contribution in [2.75, 3.05) is 25.1 Å². The molecule has 0 radical (unpaired) electrons. The van der Waals surface area contributed by atoms with Crippen LogP contribution in [0.2, 0.25) is 5.02 Å². The highest BCUT2D eigenvalue weighted by Crippen LogP contribution is 2.36. The Morgan fingerprint density at radius 2 is 2.07 bits per heavy atom. The van der Waals surface area contributed by atoms with Crippen molar-refractivity contribution in [3.63, 3.8) is 0 Å². The van der Waals surface area contributed by atoms with Crippen molar-refractivity contribution in [1.82, 2.24) is 19.6 Å². The number of nitrogens with zero attached hydrogens (tertiary/aromatic N) is 3. The molecule has 230 valence electrons. The quantitative estimate of drug-likeness (QED) is 0.324. The smallest absolute Gasteiger partial charge is 0.244 e. The zero-order chi connectivity index (χ0) is 30.9. The van der Waals surface area contributed by atoms with E-state index in [1.807, 2.05) is 6.92 Å². The molecule has 0 spiro atoms. The molecule has 3 N–H and O–H groups in total. The minimum Gasteiger partial charge on any atom is -0.394 e. The van der Waals surface area contributed by atoms with E-state index in [-0.39, 0.29) is 34.7 Å². The van der Waals surface area contributed by atoms with Crippen LogP contribution < -0.4 is 10.6 Å². The van der Waals surface area contributed by atoms with Gasteiger partial charge in [0.25, 0.3) is 0 Å². The highest BCUT2D eigenvalue weighted by Gasteiger charge is 2.41. The number of sulfonamides is 1. The number of amides is 1. The number of nitrogens with one attached hydrogen (secondary N) is 2. The van der Waals surface area contributed by atoms with E-state index in [1.165, 1.54) is 31.3 Å². The summed E-state index contributed by atoms with van der Waals surface area (Å²) in [7, 11) is -4.11. The number of carbonyl (C=O) groups excluding carboxylic acids is 1. The molecule has 1 amide bonds. The Labute approximate surface area is 253 Å². The van der Waals surface area contributed by atoms with Crippen LogP contribution >= 0.6 is 11.6 Å². The first-order valence-electron chi connectivity index (χ1n) is 13.9. The first-order chi connectivity index (χ1) is 20.5. The van der Waals surface area contributed by atoms with Gasteiger partial charge in [-0.2, -0.15) is 4.31 Å². The molecule has 1 fully saturated rings. The lowest BCUT2D eigenvalue weighted by Gasteiger charge is -2.26. The second-order valence-corrected chi connectivity index (χ2v) is 12.8. The number of aliphatic hydroxyl groups excluding tert-OH is 1. The summed E-state index contributed by atoms with van der Waals surface area (Å²) in [6.07, 6.45) is 1.12. The number of aliphatic hydroxyl groups is 1. The summed E-state index contributed by atoms with van der Waals surface area (Å²) < 4.78 is 61.8. The number of alkyl halides is 1. The van der Waals surface area contributed by atoms with Crippen LogP contribution in [-0.2, 0) is 32.5 Å². The summed E-state index contributed by atoms with van der Waals surface area (Å²) in [5.74, 6) is -0.996. The summed E-state index contributed by atoms with van der Waals surface area (Å²) in [5.41, 5.74) is 2.22. The van der Waals surface area contributed by atoms with Crippen LogP contribution in [0.5, 0.6) is 0 Å². The Balaban J connectivity index is 1.35. The van der Waals surface area contributed by atoms with Crippen LogP contribution in [0.15, 0.2) is 47.5 Å². The van der Waals surface area contributed by atoms with Gasteiger partial charge in [-0.3, -0.25) is 4.79 Å². The lowest BCUT2D eigenvalue weighted by atomic mass is 10.0. The topological polar surface area (TPSA) is 134 Å². The Bertz CT molecular complexity index is 1630. The Morgan fingerprint density at radius 1 is 1.28 bits per heavy atom. The molecule has 0 bridgehead atoms. The van der Waals surface area contributed by atoms with E-state index in [2.05, 4.69) is 20.6 Å². The third kappa shape index (κ3) is 6.50. The predicted octanol–water partition coefficient (Wildman–Crippen LogP) is 3.78. The fraction of sp³-hybridized carbons (Fsp3) is 0.414. The molecule has 4 atom stereocenters. The summed E-state index contributed by atoms with van der Waals surface area (Å²) in [6, 6.07) is 6.44. The third-order valence-electron chi connectivity index (χ3n) is 7.70. The van der Waals surface area contributed by atoms with E-state index in [4.69, 9.17) is 16.3 Å². The van der Waals surface area contributed by atoms with Crippen LogP contribution in [0.25, 0.3) is 11.3 Å². The molecule has 10 nitrogen and oxygen atoms in total. The van der Waals surface area contributed by atoms with Crippen LogP contribution in [0.1, 0.15) is 43.0 Å². The average molecular weight is 636 g/mol. The standard InChI is InChI=1S/C29H32ClF2N5O5S/c1-3-17-8-20(10-21(31)9-17)25(14-38)34-28(39)16(2)37-13-19-5-4-18(11-26(19)43(37,40)41)27-22(30)12-33-29(36-27)35-24-6-7-42-15-23(24)32/h4-5,8-12,16,23-25,38H,3,6-7,13-15H2,1-2H3,(H,34,39)(H,33,35,36).